The van der Waals surface area contributed by atoms with E-state index >= 15 is 0 Å². The molecule has 0 aliphatic carbocycles. The van der Waals surface area contributed by atoms with E-state index in [-0.39, 0.29) is 0 Å². The Morgan fingerprint density at radius 2 is 2.44 bits per heavy atom. The Balaban J connectivity index is 2.25. The minimum atomic E-state index is 0.405. The van der Waals surface area contributed by atoms with Gasteiger partial charge in [0.15, 0.2) is 0 Å². The van der Waals surface area contributed by atoms with Crippen molar-refractivity contribution in [1.82, 2.24) is 0 Å². The van der Waals surface area contributed by atoms with Crippen LogP contribution in [0.1, 0.15) is 6.42 Å². The van der Waals surface area contributed by atoms with Gasteiger partial charge in [-0.25, -0.2) is 0 Å². The second-order valence-electron chi connectivity index (χ2n) is 2.36. The van der Waals surface area contributed by atoms with Crippen molar-refractivity contribution in [2.45, 2.75) is 12.5 Å². The van der Waals surface area contributed by atoms with Crippen LogP contribution < -0.4 is 0 Å². The van der Waals surface area contributed by atoms with Crippen LogP contribution in [-0.4, -0.2) is 18.5 Å². The fourth-order valence-electron chi connectivity index (χ4n) is 1.19. The van der Waals surface area contributed by atoms with Crippen LogP contribution >= 0.6 is 0 Å². The molecule has 9 heavy (non-hydrogen) atoms. The summed E-state index contributed by atoms with van der Waals surface area (Å²) in [4.78, 5) is 8.29. The van der Waals surface area contributed by atoms with E-state index in [9.17, 15) is 0 Å². The molecule has 2 aliphatic rings. The highest BCUT2D eigenvalue weighted by Gasteiger charge is 2.20. The molecule has 0 saturated heterocycles. The summed E-state index contributed by atoms with van der Waals surface area (Å²) in [6.45, 7) is 0. The van der Waals surface area contributed by atoms with Gasteiger partial charge in [0, 0.05) is 24.5 Å². The zero-order valence-corrected chi connectivity index (χ0v) is 5.07. The van der Waals surface area contributed by atoms with Crippen LogP contribution in [-0.2, 0) is 0 Å². The minimum absolute atomic E-state index is 0.405. The van der Waals surface area contributed by atoms with E-state index in [1.807, 2.05) is 24.7 Å². The SMILES string of the molecule is C1=CC2N=CCC2C=N1. The second kappa shape index (κ2) is 1.79. The van der Waals surface area contributed by atoms with Gasteiger partial charge in [0.05, 0.1) is 6.04 Å². The lowest BCUT2D eigenvalue weighted by atomic mass is 10.0. The van der Waals surface area contributed by atoms with Crippen LogP contribution in [0, 0.1) is 5.92 Å². The van der Waals surface area contributed by atoms with Crippen LogP contribution in [0.4, 0.5) is 0 Å². The van der Waals surface area contributed by atoms with E-state index in [1.54, 1.807) is 0 Å². The maximum Gasteiger partial charge on any atom is 0.0774 e. The van der Waals surface area contributed by atoms with Gasteiger partial charge < -0.3 is 0 Å². The Hall–Kier alpha value is -0.920. The molecule has 0 saturated carbocycles. The summed E-state index contributed by atoms with van der Waals surface area (Å²) in [5.74, 6) is 0.565. The lowest BCUT2D eigenvalue weighted by Gasteiger charge is -2.10. The highest BCUT2D eigenvalue weighted by molar-refractivity contribution is 5.74. The van der Waals surface area contributed by atoms with Gasteiger partial charge >= 0.3 is 0 Å². The average Bonchev–Trinajstić information content (AvgIpc) is 2.33. The molecule has 0 aromatic rings. The number of nitrogens with zero attached hydrogens (tertiary/aromatic N) is 2. The van der Waals surface area contributed by atoms with Crippen LogP contribution in [0.5, 0.6) is 0 Å². The molecule has 2 heterocycles. The van der Waals surface area contributed by atoms with Gasteiger partial charge in [-0.3, -0.25) is 9.98 Å². The number of hydrogen-bond donors (Lipinski definition) is 0. The Morgan fingerprint density at radius 1 is 1.44 bits per heavy atom. The van der Waals surface area contributed by atoms with Gasteiger partial charge in [-0.2, -0.15) is 0 Å². The summed E-state index contributed by atoms with van der Waals surface area (Å²) in [5, 5.41) is 0. The molecule has 2 nitrogen and oxygen atoms in total. The molecule has 2 aliphatic heterocycles. The molecule has 0 aromatic heterocycles. The number of rotatable bonds is 0. The van der Waals surface area contributed by atoms with Crippen molar-refractivity contribution in [1.29, 1.82) is 0 Å². The molecule has 2 atom stereocenters. The number of hydrogen-bond acceptors (Lipinski definition) is 2. The zero-order valence-electron chi connectivity index (χ0n) is 5.07. The summed E-state index contributed by atoms with van der Waals surface area (Å²) < 4.78 is 0. The molecule has 0 radical (unpaired) electrons. The standard InChI is InChI=1S/C7H8N2/c1-4-9-7-2-3-8-5-6(1)7/h2-7H,1H2. The Kier molecular flexibility index (Phi) is 0.979. The van der Waals surface area contributed by atoms with Crippen molar-refractivity contribution in [3.8, 4) is 0 Å². The van der Waals surface area contributed by atoms with Crippen LogP contribution in [0.25, 0.3) is 0 Å². The summed E-state index contributed by atoms with van der Waals surface area (Å²) >= 11 is 0. The van der Waals surface area contributed by atoms with Crippen molar-refractivity contribution in [2.75, 3.05) is 0 Å². The van der Waals surface area contributed by atoms with E-state index in [4.69, 9.17) is 0 Å². The zero-order chi connectivity index (χ0) is 6.10. The first-order valence-corrected chi connectivity index (χ1v) is 3.18. The fourth-order valence-corrected chi connectivity index (χ4v) is 1.19. The van der Waals surface area contributed by atoms with Gasteiger partial charge in [-0.15, -0.1) is 0 Å². The van der Waals surface area contributed by atoms with Crippen molar-refractivity contribution in [3.63, 3.8) is 0 Å². The quantitative estimate of drug-likeness (QED) is 0.456. The van der Waals surface area contributed by atoms with Gasteiger partial charge in [0.25, 0.3) is 0 Å². The molecule has 0 fully saturated rings. The van der Waals surface area contributed by atoms with Crippen LogP contribution in [0.3, 0.4) is 0 Å². The van der Waals surface area contributed by atoms with E-state index in [2.05, 4.69) is 9.98 Å². The normalized spacial score (nSPS) is 37.3. The fraction of sp³-hybridized carbons (Fsp3) is 0.429. The van der Waals surface area contributed by atoms with Crippen molar-refractivity contribution in [2.24, 2.45) is 15.9 Å². The van der Waals surface area contributed by atoms with Gasteiger partial charge in [-0.05, 0) is 12.5 Å². The predicted molar refractivity (Wildman–Crippen MR) is 38.0 cm³/mol. The van der Waals surface area contributed by atoms with E-state index in [0.29, 0.717) is 12.0 Å². The first-order chi connectivity index (χ1) is 4.47. The van der Waals surface area contributed by atoms with Crippen molar-refractivity contribution < 1.29 is 0 Å². The van der Waals surface area contributed by atoms with Crippen LogP contribution in [0.15, 0.2) is 22.3 Å². The molecule has 2 heteroatoms. The maximum absolute atomic E-state index is 4.25. The Bertz CT molecular complexity index is 191. The smallest absolute Gasteiger partial charge is 0.0774 e. The third-order valence-electron chi connectivity index (χ3n) is 1.74. The monoisotopic (exact) mass is 120 g/mol. The Labute approximate surface area is 54.0 Å². The van der Waals surface area contributed by atoms with Crippen LogP contribution in [0.2, 0.25) is 0 Å². The average molecular weight is 120 g/mol. The highest BCUT2D eigenvalue weighted by atomic mass is 14.8. The topological polar surface area (TPSA) is 24.7 Å². The van der Waals surface area contributed by atoms with E-state index < -0.39 is 0 Å². The minimum Gasteiger partial charge on any atom is -0.289 e. The Morgan fingerprint density at radius 3 is 3.33 bits per heavy atom. The molecule has 0 bridgehead atoms. The van der Waals surface area contributed by atoms with E-state index in [1.165, 1.54) is 0 Å². The number of aliphatic imine (C=N–C) groups is 2. The lowest BCUT2D eigenvalue weighted by molar-refractivity contribution is 0.684. The molecular weight excluding hydrogens is 112 g/mol. The second-order valence-corrected chi connectivity index (χ2v) is 2.36. The van der Waals surface area contributed by atoms with Crippen molar-refractivity contribution in [3.05, 3.63) is 12.3 Å². The summed E-state index contributed by atoms with van der Waals surface area (Å²) in [7, 11) is 0. The molecular formula is C7H8N2. The maximum atomic E-state index is 4.25. The van der Waals surface area contributed by atoms with E-state index in [0.717, 1.165) is 6.42 Å². The summed E-state index contributed by atoms with van der Waals surface area (Å²) in [6.07, 6.45) is 8.91. The van der Waals surface area contributed by atoms with Gasteiger partial charge in [0.1, 0.15) is 0 Å². The van der Waals surface area contributed by atoms with Crippen molar-refractivity contribution >= 4 is 12.4 Å². The molecule has 0 N–H and O–H groups in total. The van der Waals surface area contributed by atoms with Gasteiger partial charge in [0.2, 0.25) is 0 Å². The number of fused-ring (bicyclic) bond motifs is 1. The van der Waals surface area contributed by atoms with Gasteiger partial charge in [-0.1, -0.05) is 0 Å². The molecule has 0 spiro atoms. The first kappa shape index (κ1) is 4.91. The molecule has 2 rings (SSSR count). The lowest BCUT2D eigenvalue weighted by Crippen LogP contribution is -2.14. The molecule has 0 amide bonds. The summed E-state index contributed by atoms with van der Waals surface area (Å²) in [6, 6.07) is 0.405. The first-order valence-electron chi connectivity index (χ1n) is 3.18. The highest BCUT2D eigenvalue weighted by Crippen LogP contribution is 2.19. The predicted octanol–water partition coefficient (Wildman–Crippen LogP) is 1.04. The third-order valence-corrected chi connectivity index (χ3v) is 1.74. The third kappa shape index (κ3) is 0.707. The summed E-state index contributed by atoms with van der Waals surface area (Å²) in [5.41, 5.74) is 0. The molecule has 2 unspecified atom stereocenters. The molecule has 0 aromatic carbocycles. The largest absolute Gasteiger partial charge is 0.289 e. The molecule has 46 valence electrons.